The highest BCUT2D eigenvalue weighted by Crippen LogP contribution is 2.33. The average Bonchev–Trinajstić information content (AvgIpc) is 3.61. The Hall–Kier alpha value is -3.80. The first kappa shape index (κ1) is 25.5. The highest BCUT2D eigenvalue weighted by Gasteiger charge is 2.33. The molecule has 4 aromatic rings. The summed E-state index contributed by atoms with van der Waals surface area (Å²) >= 11 is 0. The second-order valence-corrected chi connectivity index (χ2v) is 10.2. The van der Waals surface area contributed by atoms with Crippen LogP contribution in [0.15, 0.2) is 41.2 Å². The third-order valence-electron chi connectivity index (χ3n) is 7.80. The minimum Gasteiger partial charge on any atom is -0.454 e. The van der Waals surface area contributed by atoms with Crippen molar-refractivity contribution in [3.05, 3.63) is 74.8 Å². The highest BCUT2D eigenvalue weighted by atomic mass is 16.7. The summed E-state index contributed by atoms with van der Waals surface area (Å²) in [7, 11) is 1.65. The van der Waals surface area contributed by atoms with E-state index in [2.05, 4.69) is 61.5 Å². The van der Waals surface area contributed by atoms with Gasteiger partial charge in [-0.3, -0.25) is 14.6 Å². The molecule has 0 amide bonds. The van der Waals surface area contributed by atoms with Crippen LogP contribution >= 0.6 is 0 Å². The van der Waals surface area contributed by atoms with Crippen LogP contribution in [-0.2, 0) is 17.8 Å². The second kappa shape index (κ2) is 10.8. The molecule has 0 radical (unpaired) electrons. The first-order valence-electron chi connectivity index (χ1n) is 13.2. The molecule has 2 aromatic carbocycles. The predicted molar refractivity (Wildman–Crippen MR) is 145 cm³/mol. The molecule has 2 aliphatic rings. The summed E-state index contributed by atoms with van der Waals surface area (Å²) in [4.78, 5) is 21.5. The lowest BCUT2D eigenvalue weighted by molar-refractivity contribution is 0.0984. The fraction of sp³-hybridized carbons (Fsp3) is 0.429. The summed E-state index contributed by atoms with van der Waals surface area (Å²) in [6.07, 6.45) is 0. The van der Waals surface area contributed by atoms with Gasteiger partial charge in [-0.15, -0.1) is 5.10 Å². The molecule has 0 spiro atoms. The number of rotatable bonds is 8. The molecular weight excluding hydrogens is 498 g/mol. The molecule has 2 aromatic heterocycles. The van der Waals surface area contributed by atoms with Gasteiger partial charge in [0.15, 0.2) is 17.3 Å². The fourth-order valence-electron chi connectivity index (χ4n) is 5.47. The molecule has 1 fully saturated rings. The zero-order valence-corrected chi connectivity index (χ0v) is 22.5. The van der Waals surface area contributed by atoms with E-state index in [4.69, 9.17) is 14.2 Å². The van der Waals surface area contributed by atoms with Crippen molar-refractivity contribution in [3.8, 4) is 11.5 Å². The van der Waals surface area contributed by atoms with Crippen molar-refractivity contribution in [2.75, 3.05) is 46.7 Å². The Morgan fingerprint density at radius 3 is 2.69 bits per heavy atom. The summed E-state index contributed by atoms with van der Waals surface area (Å²) in [5.41, 5.74) is 4.80. The van der Waals surface area contributed by atoms with Crippen molar-refractivity contribution in [1.82, 2.24) is 35.0 Å². The molecule has 0 aliphatic carbocycles. The molecule has 4 heterocycles. The summed E-state index contributed by atoms with van der Waals surface area (Å²) < 4.78 is 18.0. The zero-order chi connectivity index (χ0) is 26.9. The number of aromatic amines is 1. The summed E-state index contributed by atoms with van der Waals surface area (Å²) in [5.74, 6) is 2.24. The van der Waals surface area contributed by atoms with Crippen LogP contribution in [0.25, 0.3) is 10.9 Å². The van der Waals surface area contributed by atoms with Gasteiger partial charge in [0.2, 0.25) is 6.79 Å². The van der Waals surface area contributed by atoms with Crippen molar-refractivity contribution in [3.63, 3.8) is 0 Å². The average molecular weight is 532 g/mol. The number of tetrazole rings is 1. The Labute approximate surface area is 226 Å². The largest absolute Gasteiger partial charge is 0.454 e. The number of benzene rings is 2. The summed E-state index contributed by atoms with van der Waals surface area (Å²) in [6, 6.07) is 11.9. The lowest BCUT2D eigenvalue weighted by atomic mass is 9.99. The van der Waals surface area contributed by atoms with Gasteiger partial charge in [0.25, 0.3) is 5.56 Å². The number of pyridine rings is 1. The van der Waals surface area contributed by atoms with Gasteiger partial charge in [-0.1, -0.05) is 18.2 Å². The zero-order valence-electron chi connectivity index (χ0n) is 22.5. The molecule has 1 N–H and O–H groups in total. The highest BCUT2D eigenvalue weighted by molar-refractivity contribution is 5.83. The topological polar surface area (TPSA) is 111 Å². The molecule has 11 nitrogen and oxygen atoms in total. The van der Waals surface area contributed by atoms with Crippen LogP contribution in [0, 0.1) is 13.8 Å². The second-order valence-electron chi connectivity index (χ2n) is 10.2. The van der Waals surface area contributed by atoms with Crippen molar-refractivity contribution in [2.45, 2.75) is 33.0 Å². The lowest BCUT2D eigenvalue weighted by Gasteiger charge is -2.38. The molecule has 6 rings (SSSR count). The van der Waals surface area contributed by atoms with Gasteiger partial charge >= 0.3 is 0 Å². The first-order chi connectivity index (χ1) is 19.0. The SMILES string of the molecule is COCCn1nnnc1C(c1cc2ccc(C)c(C)c2[nH]c1=O)N1CCN(Cc2ccc3c(c2)OCO3)CC1. The van der Waals surface area contributed by atoms with Crippen molar-refractivity contribution >= 4 is 10.9 Å². The number of nitrogens with one attached hydrogen (secondary N) is 1. The number of aryl methyl sites for hydroxylation is 2. The Kier molecular flexibility index (Phi) is 7.03. The van der Waals surface area contributed by atoms with Gasteiger partial charge in [-0.2, -0.15) is 0 Å². The Morgan fingerprint density at radius 2 is 1.87 bits per heavy atom. The number of hydrogen-bond donors (Lipinski definition) is 1. The molecular formula is C28H33N7O4. The minimum atomic E-state index is -0.390. The molecule has 1 saturated heterocycles. The van der Waals surface area contributed by atoms with Crippen molar-refractivity contribution in [1.29, 1.82) is 0 Å². The normalized spacial score (nSPS) is 16.7. The standard InChI is InChI=1S/C28H33N7O4/c1-18-4-6-21-15-22(28(36)29-25(21)19(18)2)26(27-30-31-32-35(27)12-13-37-3)34-10-8-33(9-11-34)16-20-5-7-23-24(14-20)39-17-38-23/h4-7,14-15,26H,8-13,16-17H2,1-3H3,(H,29,36). The Morgan fingerprint density at radius 1 is 1.05 bits per heavy atom. The number of methoxy groups -OCH3 is 1. The van der Waals surface area contributed by atoms with Crippen LogP contribution in [0.3, 0.4) is 0 Å². The number of aromatic nitrogens is 5. The van der Waals surface area contributed by atoms with Crippen LogP contribution in [0.2, 0.25) is 0 Å². The maximum absolute atomic E-state index is 13.6. The number of fused-ring (bicyclic) bond motifs is 2. The maximum Gasteiger partial charge on any atom is 0.253 e. The van der Waals surface area contributed by atoms with E-state index >= 15 is 0 Å². The molecule has 39 heavy (non-hydrogen) atoms. The van der Waals surface area contributed by atoms with Gasteiger partial charge in [-0.25, -0.2) is 4.68 Å². The van der Waals surface area contributed by atoms with Gasteiger partial charge in [0.1, 0.15) is 6.04 Å². The molecule has 0 saturated carbocycles. The van der Waals surface area contributed by atoms with Crippen molar-refractivity contribution < 1.29 is 14.2 Å². The smallest absolute Gasteiger partial charge is 0.253 e. The van der Waals surface area contributed by atoms with Crippen LogP contribution in [-0.4, -0.2) is 81.7 Å². The van der Waals surface area contributed by atoms with E-state index in [0.29, 0.717) is 24.5 Å². The van der Waals surface area contributed by atoms with Crippen LogP contribution in [0.4, 0.5) is 0 Å². The monoisotopic (exact) mass is 531 g/mol. The fourth-order valence-corrected chi connectivity index (χ4v) is 5.47. The van der Waals surface area contributed by atoms with Gasteiger partial charge in [-0.05, 0) is 64.5 Å². The molecule has 1 unspecified atom stereocenters. The summed E-state index contributed by atoms with van der Waals surface area (Å²) in [5, 5.41) is 13.6. The van der Waals surface area contributed by atoms with E-state index in [9.17, 15) is 4.79 Å². The molecule has 11 heteroatoms. The molecule has 204 valence electrons. The molecule has 2 aliphatic heterocycles. The summed E-state index contributed by atoms with van der Waals surface area (Å²) in [6.45, 7) is 9.36. The molecule has 1 atom stereocenters. The van der Waals surface area contributed by atoms with E-state index in [1.165, 1.54) is 5.56 Å². The van der Waals surface area contributed by atoms with E-state index < -0.39 is 0 Å². The van der Waals surface area contributed by atoms with E-state index in [1.807, 2.05) is 19.1 Å². The third-order valence-corrected chi connectivity index (χ3v) is 7.80. The van der Waals surface area contributed by atoms with Crippen molar-refractivity contribution in [2.24, 2.45) is 0 Å². The quantitative estimate of drug-likeness (QED) is 0.366. The van der Waals surface area contributed by atoms with Crippen LogP contribution < -0.4 is 15.0 Å². The van der Waals surface area contributed by atoms with Gasteiger partial charge < -0.3 is 19.2 Å². The van der Waals surface area contributed by atoms with E-state index in [-0.39, 0.29) is 18.4 Å². The van der Waals surface area contributed by atoms with Gasteiger partial charge in [0, 0.05) is 45.4 Å². The lowest BCUT2D eigenvalue weighted by Crippen LogP contribution is -2.48. The molecule has 0 bridgehead atoms. The Bertz CT molecular complexity index is 1540. The predicted octanol–water partition coefficient (Wildman–Crippen LogP) is 2.41. The number of H-pyrrole nitrogens is 1. The van der Waals surface area contributed by atoms with Gasteiger partial charge in [0.05, 0.1) is 18.7 Å². The number of hydrogen-bond acceptors (Lipinski definition) is 9. The maximum atomic E-state index is 13.6. The van der Waals surface area contributed by atoms with Crippen LogP contribution in [0.5, 0.6) is 11.5 Å². The minimum absolute atomic E-state index is 0.120. The number of ether oxygens (including phenoxy) is 3. The number of nitrogens with zero attached hydrogens (tertiary/aromatic N) is 6. The number of piperazine rings is 1. The van der Waals surface area contributed by atoms with Crippen LogP contribution in [0.1, 0.15) is 34.1 Å². The third kappa shape index (κ3) is 5.00. The van der Waals surface area contributed by atoms with E-state index in [0.717, 1.165) is 66.3 Å². The Balaban J connectivity index is 1.29. The first-order valence-corrected chi connectivity index (χ1v) is 13.2. The van der Waals surface area contributed by atoms with E-state index in [1.54, 1.807) is 11.8 Å².